The van der Waals surface area contributed by atoms with E-state index in [0.29, 0.717) is 0 Å². The van der Waals surface area contributed by atoms with Gasteiger partial charge in [0.1, 0.15) is 0 Å². The summed E-state index contributed by atoms with van der Waals surface area (Å²) in [6.45, 7) is 7.41. The zero-order valence-electron chi connectivity index (χ0n) is 9.53. The first-order chi connectivity index (χ1) is 7.30. The summed E-state index contributed by atoms with van der Waals surface area (Å²) in [5.41, 5.74) is 4.60. The van der Waals surface area contributed by atoms with Crippen molar-refractivity contribution in [2.45, 2.75) is 26.8 Å². The number of anilines is 1. The van der Waals surface area contributed by atoms with Crippen molar-refractivity contribution in [3.8, 4) is 0 Å². The summed E-state index contributed by atoms with van der Waals surface area (Å²) in [6, 6.07) is 3.85. The van der Waals surface area contributed by atoms with Crippen LogP contribution in [0.5, 0.6) is 0 Å². The minimum absolute atomic E-state index is 0.889. The second-order valence-corrected chi connectivity index (χ2v) is 3.55. The molecule has 0 radical (unpaired) electrons. The van der Waals surface area contributed by atoms with Gasteiger partial charge in [0, 0.05) is 12.7 Å². The van der Waals surface area contributed by atoms with E-state index in [-0.39, 0.29) is 0 Å². The Hall–Kier alpha value is -1.13. The van der Waals surface area contributed by atoms with Crippen molar-refractivity contribution in [1.82, 2.24) is 9.88 Å². The quantitative estimate of drug-likeness (QED) is 0.551. The molecule has 0 atom stereocenters. The van der Waals surface area contributed by atoms with Gasteiger partial charge in [-0.25, -0.2) is 0 Å². The summed E-state index contributed by atoms with van der Waals surface area (Å²) in [7, 11) is 0. The van der Waals surface area contributed by atoms with E-state index in [0.717, 1.165) is 31.0 Å². The second-order valence-electron chi connectivity index (χ2n) is 3.55. The summed E-state index contributed by atoms with van der Waals surface area (Å²) >= 11 is 0. The molecule has 0 aromatic carbocycles. The first-order valence-corrected chi connectivity index (χ1v) is 5.44. The Morgan fingerprint density at radius 1 is 1.47 bits per heavy atom. The van der Waals surface area contributed by atoms with Gasteiger partial charge < -0.3 is 5.43 Å². The van der Waals surface area contributed by atoms with E-state index in [2.05, 4.69) is 29.2 Å². The molecule has 0 aliphatic heterocycles. The van der Waals surface area contributed by atoms with Gasteiger partial charge in [-0.15, -0.1) is 0 Å². The van der Waals surface area contributed by atoms with Crippen molar-refractivity contribution in [2.24, 2.45) is 5.84 Å². The zero-order valence-corrected chi connectivity index (χ0v) is 9.53. The third kappa shape index (κ3) is 3.85. The molecular weight excluding hydrogens is 188 g/mol. The molecule has 1 aromatic rings. The lowest BCUT2D eigenvalue weighted by Crippen LogP contribution is -2.24. The van der Waals surface area contributed by atoms with Crippen LogP contribution in [0, 0.1) is 0 Å². The highest BCUT2D eigenvalue weighted by molar-refractivity contribution is 5.41. The Labute approximate surface area is 91.5 Å². The van der Waals surface area contributed by atoms with E-state index in [9.17, 15) is 0 Å². The van der Waals surface area contributed by atoms with Gasteiger partial charge in [-0.05, 0) is 31.6 Å². The van der Waals surface area contributed by atoms with Crippen molar-refractivity contribution in [2.75, 3.05) is 18.5 Å². The van der Waals surface area contributed by atoms with Crippen LogP contribution in [0.1, 0.15) is 26.0 Å². The molecule has 0 bridgehead atoms. The van der Waals surface area contributed by atoms with E-state index in [4.69, 9.17) is 5.84 Å². The summed E-state index contributed by atoms with van der Waals surface area (Å²) in [6.07, 6.45) is 2.95. The summed E-state index contributed by atoms with van der Waals surface area (Å²) in [4.78, 5) is 6.68. The molecule has 0 spiro atoms. The molecular formula is C11H20N4. The molecule has 0 aliphatic carbocycles. The predicted octanol–water partition coefficient (Wildman–Crippen LogP) is 1.60. The minimum Gasteiger partial charge on any atom is -0.324 e. The molecule has 4 nitrogen and oxygen atoms in total. The van der Waals surface area contributed by atoms with Gasteiger partial charge in [0.2, 0.25) is 0 Å². The van der Waals surface area contributed by atoms with Crippen molar-refractivity contribution in [3.63, 3.8) is 0 Å². The molecule has 15 heavy (non-hydrogen) atoms. The van der Waals surface area contributed by atoms with Crippen LogP contribution in [-0.4, -0.2) is 23.0 Å². The van der Waals surface area contributed by atoms with Crippen molar-refractivity contribution in [3.05, 3.63) is 24.0 Å². The molecule has 0 amide bonds. The van der Waals surface area contributed by atoms with Gasteiger partial charge in [-0.2, -0.15) is 0 Å². The van der Waals surface area contributed by atoms with Gasteiger partial charge in [0.25, 0.3) is 0 Å². The van der Waals surface area contributed by atoms with Crippen LogP contribution in [-0.2, 0) is 6.54 Å². The first-order valence-electron chi connectivity index (χ1n) is 5.44. The number of nitrogens with two attached hydrogens (primary N) is 1. The zero-order chi connectivity index (χ0) is 11.1. The van der Waals surface area contributed by atoms with Crippen LogP contribution < -0.4 is 11.3 Å². The van der Waals surface area contributed by atoms with E-state index in [1.54, 1.807) is 6.20 Å². The van der Waals surface area contributed by atoms with E-state index in [1.165, 1.54) is 6.42 Å². The molecule has 0 saturated carbocycles. The van der Waals surface area contributed by atoms with Crippen molar-refractivity contribution >= 4 is 5.69 Å². The molecule has 1 aromatic heterocycles. The molecule has 84 valence electrons. The fourth-order valence-corrected chi connectivity index (χ4v) is 1.55. The molecule has 1 heterocycles. The van der Waals surface area contributed by atoms with Gasteiger partial charge in [0.15, 0.2) is 0 Å². The Bertz CT molecular complexity index is 288. The average molecular weight is 208 g/mol. The molecule has 0 fully saturated rings. The predicted molar refractivity (Wildman–Crippen MR) is 63.3 cm³/mol. The third-order valence-corrected chi connectivity index (χ3v) is 2.36. The van der Waals surface area contributed by atoms with E-state index < -0.39 is 0 Å². The lowest BCUT2D eigenvalue weighted by molar-refractivity contribution is 0.277. The number of nitrogens with zero attached hydrogens (tertiary/aromatic N) is 2. The van der Waals surface area contributed by atoms with Crippen molar-refractivity contribution in [1.29, 1.82) is 0 Å². The number of rotatable bonds is 6. The number of aromatic nitrogens is 1. The number of nitrogen functional groups attached to an aromatic ring is 1. The van der Waals surface area contributed by atoms with Gasteiger partial charge in [0.05, 0.1) is 11.4 Å². The highest BCUT2D eigenvalue weighted by Crippen LogP contribution is 2.08. The standard InChI is InChI=1S/C11H20N4/c1-3-7-15(4-2)9-11-8-10(14-12)5-6-13-11/h5-6,8H,3-4,7,9,12H2,1-2H3,(H,13,14). The monoisotopic (exact) mass is 208 g/mol. The van der Waals surface area contributed by atoms with Crippen LogP contribution in [0.3, 0.4) is 0 Å². The fraction of sp³-hybridized carbons (Fsp3) is 0.545. The topological polar surface area (TPSA) is 54.2 Å². The second kappa shape index (κ2) is 6.37. The fourth-order valence-electron chi connectivity index (χ4n) is 1.55. The number of hydrazine groups is 1. The molecule has 0 saturated heterocycles. The Kier molecular flexibility index (Phi) is 5.07. The van der Waals surface area contributed by atoms with Crippen LogP contribution in [0.25, 0.3) is 0 Å². The third-order valence-electron chi connectivity index (χ3n) is 2.36. The molecule has 1 rings (SSSR count). The SMILES string of the molecule is CCCN(CC)Cc1cc(NN)ccn1. The Morgan fingerprint density at radius 2 is 2.27 bits per heavy atom. The van der Waals surface area contributed by atoms with Crippen LogP contribution in [0.15, 0.2) is 18.3 Å². The van der Waals surface area contributed by atoms with Gasteiger partial charge in [-0.1, -0.05) is 13.8 Å². The van der Waals surface area contributed by atoms with Crippen molar-refractivity contribution < 1.29 is 0 Å². The summed E-state index contributed by atoms with van der Waals surface area (Å²) in [5.74, 6) is 5.35. The summed E-state index contributed by atoms with van der Waals surface area (Å²) < 4.78 is 0. The number of hydrogen-bond donors (Lipinski definition) is 2. The van der Waals surface area contributed by atoms with Gasteiger partial charge >= 0.3 is 0 Å². The smallest absolute Gasteiger partial charge is 0.0564 e. The molecule has 3 N–H and O–H groups in total. The minimum atomic E-state index is 0.889. The Balaban J connectivity index is 2.61. The molecule has 4 heteroatoms. The number of pyridine rings is 1. The molecule has 0 aliphatic rings. The van der Waals surface area contributed by atoms with Gasteiger partial charge in [-0.3, -0.25) is 15.7 Å². The largest absolute Gasteiger partial charge is 0.324 e. The lowest BCUT2D eigenvalue weighted by atomic mass is 10.3. The maximum atomic E-state index is 5.35. The highest BCUT2D eigenvalue weighted by Gasteiger charge is 2.03. The highest BCUT2D eigenvalue weighted by atomic mass is 15.2. The van der Waals surface area contributed by atoms with Crippen LogP contribution in [0.4, 0.5) is 5.69 Å². The van der Waals surface area contributed by atoms with Crippen LogP contribution >= 0.6 is 0 Å². The van der Waals surface area contributed by atoms with E-state index >= 15 is 0 Å². The first kappa shape index (κ1) is 11.9. The lowest BCUT2D eigenvalue weighted by Gasteiger charge is -2.19. The maximum absolute atomic E-state index is 5.35. The van der Waals surface area contributed by atoms with Crippen LogP contribution in [0.2, 0.25) is 0 Å². The number of nitrogens with one attached hydrogen (secondary N) is 1. The Morgan fingerprint density at radius 3 is 2.87 bits per heavy atom. The normalized spacial score (nSPS) is 10.7. The average Bonchev–Trinajstić information content (AvgIpc) is 2.29. The summed E-state index contributed by atoms with van der Waals surface area (Å²) in [5, 5.41) is 0. The molecule has 0 unspecified atom stereocenters. The number of hydrogen-bond acceptors (Lipinski definition) is 4. The van der Waals surface area contributed by atoms with E-state index in [1.807, 2.05) is 12.1 Å². The maximum Gasteiger partial charge on any atom is 0.0564 e.